The number of allylic oxidation sites excluding steroid dienone is 1. The molecule has 0 spiro atoms. The fraction of sp³-hybridized carbons (Fsp3) is 0.250. The molecule has 1 fully saturated rings. The molecule has 1 saturated carbocycles. The molecule has 0 saturated heterocycles. The Morgan fingerprint density at radius 1 is 1.21 bits per heavy atom. The van der Waals surface area contributed by atoms with E-state index < -0.39 is 6.10 Å². The second-order valence-corrected chi connectivity index (χ2v) is 6.39. The molecule has 1 aromatic carbocycles. The van der Waals surface area contributed by atoms with Crippen LogP contribution in [0.2, 0.25) is 5.02 Å². The third-order valence-corrected chi connectivity index (χ3v) is 4.33. The third-order valence-electron chi connectivity index (χ3n) is 4.08. The lowest BCUT2D eigenvalue weighted by Crippen LogP contribution is -2.08. The number of rotatable bonds is 6. The number of nitrogens with zero attached hydrogens (tertiary/aromatic N) is 1. The number of benzene rings is 1. The highest BCUT2D eigenvalue weighted by Gasteiger charge is 2.27. The van der Waals surface area contributed by atoms with Crippen molar-refractivity contribution in [3.63, 3.8) is 0 Å². The maximum absolute atomic E-state index is 10.6. The van der Waals surface area contributed by atoms with Crippen LogP contribution in [0.15, 0.2) is 72.3 Å². The van der Waals surface area contributed by atoms with E-state index in [9.17, 15) is 5.11 Å². The van der Waals surface area contributed by atoms with Crippen LogP contribution >= 0.6 is 11.6 Å². The van der Waals surface area contributed by atoms with Gasteiger partial charge in [-0.3, -0.25) is 4.98 Å². The van der Waals surface area contributed by atoms with Crippen LogP contribution in [-0.2, 0) is 4.74 Å². The minimum Gasteiger partial charge on any atom is -0.486 e. The van der Waals surface area contributed by atoms with Gasteiger partial charge in [-0.05, 0) is 49.1 Å². The SMILES string of the molecule is C=C(C(OC(C)c1ccc(Cl)cc1)=C1CC1)C(O)c1cccnc1. The molecule has 124 valence electrons. The van der Waals surface area contributed by atoms with Crippen LogP contribution in [0.4, 0.5) is 0 Å². The number of aromatic nitrogens is 1. The van der Waals surface area contributed by atoms with Gasteiger partial charge in [-0.1, -0.05) is 36.4 Å². The molecule has 3 nitrogen and oxygen atoms in total. The highest BCUT2D eigenvalue weighted by molar-refractivity contribution is 6.30. The molecule has 4 heteroatoms. The molecule has 1 aromatic heterocycles. The summed E-state index contributed by atoms with van der Waals surface area (Å²) in [5.74, 6) is 0.716. The molecular formula is C20H20ClNO2. The lowest BCUT2D eigenvalue weighted by Gasteiger charge is -2.22. The van der Waals surface area contributed by atoms with Gasteiger partial charge in [0.1, 0.15) is 18.0 Å². The van der Waals surface area contributed by atoms with Gasteiger partial charge in [0.25, 0.3) is 0 Å². The Balaban J connectivity index is 1.77. The zero-order valence-corrected chi connectivity index (χ0v) is 14.3. The van der Waals surface area contributed by atoms with Crippen LogP contribution < -0.4 is 0 Å². The first kappa shape index (κ1) is 16.7. The molecule has 0 bridgehead atoms. The van der Waals surface area contributed by atoms with Gasteiger partial charge in [0.2, 0.25) is 0 Å². The van der Waals surface area contributed by atoms with Gasteiger partial charge < -0.3 is 9.84 Å². The van der Waals surface area contributed by atoms with Crippen molar-refractivity contribution in [2.24, 2.45) is 0 Å². The molecule has 2 aromatic rings. The fourth-order valence-corrected chi connectivity index (χ4v) is 2.64. The highest BCUT2D eigenvalue weighted by atomic mass is 35.5. The Hall–Kier alpha value is -2.10. The minimum absolute atomic E-state index is 0.150. The van der Waals surface area contributed by atoms with E-state index in [-0.39, 0.29) is 6.10 Å². The average molecular weight is 342 g/mol. The summed E-state index contributed by atoms with van der Waals surface area (Å²) >= 11 is 5.94. The van der Waals surface area contributed by atoms with E-state index in [1.807, 2.05) is 37.3 Å². The number of aliphatic hydroxyl groups excluding tert-OH is 1. The van der Waals surface area contributed by atoms with Gasteiger partial charge in [0.15, 0.2) is 0 Å². The smallest absolute Gasteiger partial charge is 0.124 e. The Morgan fingerprint density at radius 3 is 2.50 bits per heavy atom. The second-order valence-electron chi connectivity index (χ2n) is 5.96. The quantitative estimate of drug-likeness (QED) is 0.739. The van der Waals surface area contributed by atoms with E-state index in [1.165, 1.54) is 5.57 Å². The van der Waals surface area contributed by atoms with E-state index in [4.69, 9.17) is 16.3 Å². The number of hydrogen-bond acceptors (Lipinski definition) is 3. The van der Waals surface area contributed by atoms with Crippen molar-refractivity contribution >= 4 is 11.6 Å². The van der Waals surface area contributed by atoms with Crippen LogP contribution in [-0.4, -0.2) is 10.1 Å². The maximum Gasteiger partial charge on any atom is 0.124 e. The van der Waals surface area contributed by atoms with Gasteiger partial charge in [-0.2, -0.15) is 0 Å². The van der Waals surface area contributed by atoms with E-state index >= 15 is 0 Å². The number of pyridine rings is 1. The lowest BCUT2D eigenvalue weighted by molar-refractivity contribution is 0.122. The standard InChI is InChI=1S/C20H20ClNO2/c1-13(19(23)17-4-3-11-22-12-17)20(16-5-6-16)24-14(2)15-7-9-18(21)10-8-15/h3-4,7-12,14,19,23H,1,5-6H2,2H3. The van der Waals surface area contributed by atoms with Crippen molar-refractivity contribution in [2.75, 3.05) is 0 Å². The van der Waals surface area contributed by atoms with Gasteiger partial charge in [0, 0.05) is 28.6 Å². The van der Waals surface area contributed by atoms with Crippen molar-refractivity contribution in [3.8, 4) is 0 Å². The number of aliphatic hydroxyl groups is 1. The molecule has 2 atom stereocenters. The Kier molecular flexibility index (Phi) is 5.03. The normalized spacial score (nSPS) is 15.5. The summed E-state index contributed by atoms with van der Waals surface area (Å²) in [6, 6.07) is 11.2. The molecule has 1 heterocycles. The molecule has 3 rings (SSSR count). The molecule has 2 unspecified atom stereocenters. The Morgan fingerprint density at radius 2 is 1.92 bits per heavy atom. The molecule has 0 radical (unpaired) electrons. The maximum atomic E-state index is 10.6. The monoisotopic (exact) mass is 341 g/mol. The van der Waals surface area contributed by atoms with Crippen molar-refractivity contribution in [3.05, 3.63) is 88.4 Å². The first-order valence-electron chi connectivity index (χ1n) is 7.97. The van der Waals surface area contributed by atoms with E-state index in [0.29, 0.717) is 21.9 Å². The van der Waals surface area contributed by atoms with Crippen LogP contribution in [0.3, 0.4) is 0 Å². The summed E-state index contributed by atoms with van der Waals surface area (Å²) in [7, 11) is 0. The molecule has 1 aliphatic rings. The molecule has 1 N–H and O–H groups in total. The highest BCUT2D eigenvalue weighted by Crippen LogP contribution is 2.40. The average Bonchev–Trinajstić information content (AvgIpc) is 3.44. The van der Waals surface area contributed by atoms with Gasteiger partial charge in [-0.25, -0.2) is 0 Å². The molecule has 24 heavy (non-hydrogen) atoms. The molecule has 0 aliphatic heterocycles. The third kappa shape index (κ3) is 3.86. The van der Waals surface area contributed by atoms with E-state index in [2.05, 4.69) is 11.6 Å². The molecule has 0 amide bonds. The second kappa shape index (κ2) is 7.20. The molecular weight excluding hydrogens is 322 g/mol. The topological polar surface area (TPSA) is 42.4 Å². The number of hydrogen-bond donors (Lipinski definition) is 1. The summed E-state index contributed by atoms with van der Waals surface area (Å²) in [6.07, 6.45) is 4.33. The number of halogens is 1. The number of ether oxygens (including phenoxy) is 1. The zero-order chi connectivity index (χ0) is 17.1. The fourth-order valence-electron chi connectivity index (χ4n) is 2.52. The predicted octanol–water partition coefficient (Wildman–Crippen LogP) is 5.15. The molecule has 1 aliphatic carbocycles. The first-order chi connectivity index (χ1) is 11.6. The first-order valence-corrected chi connectivity index (χ1v) is 8.35. The largest absolute Gasteiger partial charge is 0.486 e. The summed E-state index contributed by atoms with van der Waals surface area (Å²) in [4.78, 5) is 4.05. The van der Waals surface area contributed by atoms with Crippen LogP contribution in [0.5, 0.6) is 0 Å². The lowest BCUT2D eigenvalue weighted by atomic mass is 10.0. The Labute approximate surface area is 147 Å². The van der Waals surface area contributed by atoms with E-state index in [0.717, 1.165) is 18.4 Å². The van der Waals surface area contributed by atoms with Crippen LogP contribution in [0.25, 0.3) is 0 Å². The summed E-state index contributed by atoms with van der Waals surface area (Å²) < 4.78 is 6.16. The van der Waals surface area contributed by atoms with Crippen LogP contribution in [0, 0.1) is 0 Å². The van der Waals surface area contributed by atoms with Gasteiger partial charge in [0.05, 0.1) is 0 Å². The van der Waals surface area contributed by atoms with Crippen LogP contribution in [0.1, 0.15) is 43.1 Å². The Bertz CT molecular complexity index is 747. The van der Waals surface area contributed by atoms with Crippen molar-refractivity contribution in [2.45, 2.75) is 32.0 Å². The minimum atomic E-state index is -0.820. The van der Waals surface area contributed by atoms with Crippen molar-refractivity contribution in [1.82, 2.24) is 4.98 Å². The van der Waals surface area contributed by atoms with Crippen molar-refractivity contribution in [1.29, 1.82) is 0 Å². The predicted molar refractivity (Wildman–Crippen MR) is 95.5 cm³/mol. The summed E-state index contributed by atoms with van der Waals surface area (Å²) in [6.45, 7) is 6.05. The zero-order valence-electron chi connectivity index (χ0n) is 13.6. The van der Waals surface area contributed by atoms with Gasteiger partial charge in [-0.15, -0.1) is 0 Å². The van der Waals surface area contributed by atoms with E-state index in [1.54, 1.807) is 18.5 Å². The van der Waals surface area contributed by atoms with Gasteiger partial charge >= 0.3 is 0 Å². The summed E-state index contributed by atoms with van der Waals surface area (Å²) in [5, 5.41) is 11.3. The van der Waals surface area contributed by atoms with Crippen molar-refractivity contribution < 1.29 is 9.84 Å². The summed E-state index contributed by atoms with van der Waals surface area (Å²) in [5.41, 5.74) is 3.52.